The number of hydrogen-bond acceptors (Lipinski definition) is 5. The Morgan fingerprint density at radius 1 is 1.35 bits per heavy atom. The van der Waals surface area contributed by atoms with Crippen LogP contribution in [0.1, 0.15) is 24.4 Å². The maximum Gasteiger partial charge on any atom is 0.418 e. The van der Waals surface area contributed by atoms with Crippen LogP contribution in [-0.2, 0) is 6.18 Å². The van der Waals surface area contributed by atoms with Gasteiger partial charge in [-0.2, -0.15) is 13.2 Å². The highest BCUT2D eigenvalue weighted by molar-refractivity contribution is 9.10. The van der Waals surface area contributed by atoms with Gasteiger partial charge in [-0.1, -0.05) is 21.0 Å². The molecule has 0 saturated heterocycles. The highest BCUT2D eigenvalue weighted by Crippen LogP contribution is 2.37. The summed E-state index contributed by atoms with van der Waals surface area (Å²) in [7, 11) is 0. The first kappa shape index (κ1) is 14.8. The Bertz CT molecular complexity index is 612. The summed E-state index contributed by atoms with van der Waals surface area (Å²) >= 11 is 3.00. The van der Waals surface area contributed by atoms with Crippen molar-refractivity contribution >= 4 is 27.6 Å². The average molecular weight is 351 g/mol. The molecule has 20 heavy (non-hydrogen) atoms. The van der Waals surface area contributed by atoms with Gasteiger partial charge < -0.3 is 15.5 Å². The number of nitrogens with zero attached hydrogens (tertiary/aromatic N) is 2. The normalized spacial score (nSPS) is 13.3. The summed E-state index contributed by atoms with van der Waals surface area (Å²) in [4.78, 5) is 0. The lowest BCUT2D eigenvalue weighted by atomic mass is 10.1. The van der Waals surface area contributed by atoms with Crippen LogP contribution in [0.4, 0.5) is 24.9 Å². The molecule has 2 rings (SSSR count). The molecule has 0 spiro atoms. The third-order valence-electron chi connectivity index (χ3n) is 2.36. The van der Waals surface area contributed by atoms with E-state index in [-0.39, 0.29) is 17.6 Å². The average Bonchev–Trinajstić information content (AvgIpc) is 2.79. The second-order valence-electron chi connectivity index (χ2n) is 4.05. The summed E-state index contributed by atoms with van der Waals surface area (Å²) in [5.74, 6) is 0.137. The Morgan fingerprint density at radius 3 is 2.60 bits per heavy atom. The number of alkyl halides is 3. The molecule has 0 radical (unpaired) electrons. The molecular formula is C11H10BrF3N4O. The molecule has 0 saturated carbocycles. The Kier molecular flexibility index (Phi) is 4.00. The summed E-state index contributed by atoms with van der Waals surface area (Å²) in [6.45, 7) is 1.62. The van der Waals surface area contributed by atoms with Gasteiger partial charge in [-0.05, 0) is 25.1 Å². The number of rotatable bonds is 3. The highest BCUT2D eigenvalue weighted by atomic mass is 79.9. The van der Waals surface area contributed by atoms with E-state index in [1.54, 1.807) is 6.92 Å². The van der Waals surface area contributed by atoms with Gasteiger partial charge in [0.15, 0.2) is 0 Å². The molecule has 0 aliphatic heterocycles. The van der Waals surface area contributed by atoms with Crippen LogP contribution in [0.25, 0.3) is 0 Å². The number of nitrogens with two attached hydrogens (primary N) is 1. The second-order valence-corrected chi connectivity index (χ2v) is 4.96. The molecule has 9 heteroatoms. The van der Waals surface area contributed by atoms with E-state index in [4.69, 9.17) is 10.2 Å². The van der Waals surface area contributed by atoms with Gasteiger partial charge >= 0.3 is 12.2 Å². The summed E-state index contributed by atoms with van der Waals surface area (Å²) < 4.78 is 44.2. The number of halogens is 4. The highest BCUT2D eigenvalue weighted by Gasteiger charge is 2.34. The lowest BCUT2D eigenvalue weighted by Crippen LogP contribution is -2.09. The zero-order chi connectivity index (χ0) is 14.9. The van der Waals surface area contributed by atoms with E-state index in [2.05, 4.69) is 31.4 Å². The van der Waals surface area contributed by atoms with Crippen LogP contribution in [0.3, 0.4) is 0 Å². The number of anilines is 2. The minimum absolute atomic E-state index is 0.137. The van der Waals surface area contributed by atoms with Crippen molar-refractivity contribution < 1.29 is 17.6 Å². The fraction of sp³-hybridized carbons (Fsp3) is 0.273. The molecule has 108 valence electrons. The van der Waals surface area contributed by atoms with Crippen molar-refractivity contribution in [3.8, 4) is 0 Å². The van der Waals surface area contributed by atoms with Crippen molar-refractivity contribution in [1.29, 1.82) is 0 Å². The maximum absolute atomic E-state index is 12.9. The molecule has 1 aromatic heterocycles. The summed E-state index contributed by atoms with van der Waals surface area (Å²) in [5.41, 5.74) is 4.51. The van der Waals surface area contributed by atoms with Crippen LogP contribution < -0.4 is 11.1 Å². The van der Waals surface area contributed by atoms with Crippen molar-refractivity contribution in [1.82, 2.24) is 10.2 Å². The third kappa shape index (κ3) is 3.28. The van der Waals surface area contributed by atoms with Crippen LogP contribution in [0.5, 0.6) is 0 Å². The number of benzene rings is 1. The van der Waals surface area contributed by atoms with Crippen LogP contribution in [0.15, 0.2) is 27.1 Å². The molecule has 1 atom stereocenters. The summed E-state index contributed by atoms with van der Waals surface area (Å²) in [5, 5.41) is 9.66. The quantitative estimate of drug-likeness (QED) is 0.883. The van der Waals surface area contributed by atoms with Crippen molar-refractivity contribution in [2.75, 3.05) is 5.32 Å². The van der Waals surface area contributed by atoms with Crippen LogP contribution in [0, 0.1) is 0 Å². The van der Waals surface area contributed by atoms with Crippen LogP contribution in [0.2, 0.25) is 0 Å². The van der Waals surface area contributed by atoms with E-state index in [0.29, 0.717) is 4.47 Å². The van der Waals surface area contributed by atoms with Gasteiger partial charge in [0.2, 0.25) is 5.89 Å². The first-order chi connectivity index (χ1) is 9.27. The van der Waals surface area contributed by atoms with Gasteiger partial charge in [0.05, 0.1) is 17.3 Å². The lowest BCUT2D eigenvalue weighted by Gasteiger charge is -2.12. The number of hydrogen-bond donors (Lipinski definition) is 2. The monoisotopic (exact) mass is 350 g/mol. The van der Waals surface area contributed by atoms with Gasteiger partial charge in [0.1, 0.15) is 0 Å². The Balaban J connectivity index is 2.33. The lowest BCUT2D eigenvalue weighted by molar-refractivity contribution is -0.137. The van der Waals surface area contributed by atoms with Crippen molar-refractivity contribution in [2.45, 2.75) is 19.1 Å². The van der Waals surface area contributed by atoms with Gasteiger partial charge in [-0.25, -0.2) is 0 Å². The standard InChI is InChI=1S/C11H10BrF3N4O/c1-5(16)9-18-19-10(20-9)17-8-3-2-6(12)4-7(8)11(13,14)15/h2-5H,16H2,1H3,(H,17,19). The SMILES string of the molecule is CC(N)c1nnc(Nc2ccc(Br)cc2C(F)(F)F)o1. The van der Waals surface area contributed by atoms with E-state index in [9.17, 15) is 13.2 Å². The predicted octanol–water partition coefficient (Wildman–Crippen LogP) is 3.61. The molecule has 0 amide bonds. The Hall–Kier alpha value is -1.61. The van der Waals surface area contributed by atoms with Crippen molar-refractivity contribution in [3.63, 3.8) is 0 Å². The molecule has 1 aromatic carbocycles. The molecule has 5 nitrogen and oxygen atoms in total. The van der Waals surface area contributed by atoms with Gasteiger partial charge in [0.25, 0.3) is 0 Å². The molecule has 0 fully saturated rings. The molecule has 1 heterocycles. The van der Waals surface area contributed by atoms with E-state index in [1.165, 1.54) is 12.1 Å². The molecule has 3 N–H and O–H groups in total. The molecule has 1 unspecified atom stereocenters. The van der Waals surface area contributed by atoms with Crippen LogP contribution in [-0.4, -0.2) is 10.2 Å². The van der Waals surface area contributed by atoms with E-state index < -0.39 is 17.8 Å². The first-order valence-electron chi connectivity index (χ1n) is 5.50. The maximum atomic E-state index is 12.9. The molecular weight excluding hydrogens is 341 g/mol. The molecule has 2 aromatic rings. The van der Waals surface area contributed by atoms with Crippen molar-refractivity contribution in [3.05, 3.63) is 34.1 Å². The summed E-state index contributed by atoms with van der Waals surface area (Å²) in [6.07, 6.45) is -4.50. The number of nitrogens with one attached hydrogen (secondary N) is 1. The number of aromatic nitrogens is 2. The van der Waals surface area contributed by atoms with Crippen molar-refractivity contribution in [2.24, 2.45) is 5.73 Å². The fourth-order valence-electron chi connectivity index (χ4n) is 1.44. The minimum Gasteiger partial charge on any atom is -0.406 e. The van der Waals surface area contributed by atoms with E-state index in [1.807, 2.05) is 0 Å². The molecule has 0 aliphatic rings. The Morgan fingerprint density at radius 2 is 2.05 bits per heavy atom. The zero-order valence-electron chi connectivity index (χ0n) is 10.2. The summed E-state index contributed by atoms with van der Waals surface area (Å²) in [6, 6.07) is 3.06. The largest absolute Gasteiger partial charge is 0.418 e. The van der Waals surface area contributed by atoms with E-state index in [0.717, 1.165) is 6.07 Å². The first-order valence-corrected chi connectivity index (χ1v) is 6.29. The molecule has 0 bridgehead atoms. The fourth-order valence-corrected chi connectivity index (χ4v) is 1.81. The van der Waals surface area contributed by atoms with E-state index >= 15 is 0 Å². The predicted molar refractivity (Wildman–Crippen MR) is 69.3 cm³/mol. The van der Waals surface area contributed by atoms with Gasteiger partial charge in [0, 0.05) is 4.47 Å². The molecule has 0 aliphatic carbocycles. The van der Waals surface area contributed by atoms with Gasteiger partial charge in [-0.15, -0.1) is 5.10 Å². The third-order valence-corrected chi connectivity index (χ3v) is 2.85. The Labute approximate surface area is 120 Å². The minimum atomic E-state index is -4.50. The van der Waals surface area contributed by atoms with Gasteiger partial charge in [-0.3, -0.25) is 0 Å². The topological polar surface area (TPSA) is 77.0 Å². The smallest absolute Gasteiger partial charge is 0.406 e. The zero-order valence-corrected chi connectivity index (χ0v) is 11.8. The second kappa shape index (κ2) is 5.41. The van der Waals surface area contributed by atoms with Crippen LogP contribution >= 0.6 is 15.9 Å².